The first-order chi connectivity index (χ1) is 12.5. The fourth-order valence-corrected chi connectivity index (χ4v) is 2.43. The highest BCUT2D eigenvalue weighted by Gasteiger charge is 2.14. The highest BCUT2D eigenvalue weighted by atomic mass is 35.5. The molecule has 126 valence electrons. The number of hydrogen-bond acceptors (Lipinski definition) is 5. The Labute approximate surface area is 153 Å². The van der Waals surface area contributed by atoms with Crippen molar-refractivity contribution in [2.45, 2.75) is 6.92 Å². The van der Waals surface area contributed by atoms with E-state index in [9.17, 15) is 4.79 Å². The summed E-state index contributed by atoms with van der Waals surface area (Å²) < 4.78 is 7.10. The van der Waals surface area contributed by atoms with Gasteiger partial charge in [-0.25, -0.2) is 0 Å². The molecule has 7 heteroatoms. The van der Waals surface area contributed by atoms with Gasteiger partial charge < -0.3 is 4.74 Å². The van der Waals surface area contributed by atoms with Gasteiger partial charge in [-0.2, -0.15) is 15.5 Å². The molecule has 0 atom stereocenters. The van der Waals surface area contributed by atoms with E-state index in [2.05, 4.69) is 4.98 Å². The van der Waals surface area contributed by atoms with Crippen LogP contribution in [-0.2, 0) is 0 Å². The molecule has 0 unspecified atom stereocenters. The summed E-state index contributed by atoms with van der Waals surface area (Å²) in [4.78, 5) is 17.1. The number of nitrogens with zero attached hydrogens (tertiary/aromatic N) is 4. The number of ether oxygens (including phenoxy) is 1. The molecule has 0 spiro atoms. The summed E-state index contributed by atoms with van der Waals surface area (Å²) in [5, 5.41) is 18.6. The van der Waals surface area contributed by atoms with Crippen LogP contribution < -0.4 is 10.3 Å². The van der Waals surface area contributed by atoms with Crippen molar-refractivity contribution in [2.24, 2.45) is 0 Å². The van der Waals surface area contributed by atoms with Gasteiger partial charge in [0, 0.05) is 11.2 Å². The minimum Gasteiger partial charge on any atom is -0.438 e. The summed E-state index contributed by atoms with van der Waals surface area (Å²) in [6.07, 6.45) is 2.73. The first-order valence-electron chi connectivity index (χ1n) is 7.51. The first kappa shape index (κ1) is 17.2. The maximum absolute atomic E-state index is 12.8. The van der Waals surface area contributed by atoms with Gasteiger partial charge in [-0.05, 0) is 48.9 Å². The van der Waals surface area contributed by atoms with E-state index in [1.807, 2.05) is 6.92 Å². The zero-order valence-corrected chi connectivity index (χ0v) is 14.4. The first-order valence-corrected chi connectivity index (χ1v) is 7.88. The molecule has 0 saturated carbocycles. The topological polar surface area (TPSA) is 91.2 Å². The molecule has 0 amide bonds. The summed E-state index contributed by atoms with van der Waals surface area (Å²) in [7, 11) is 0. The lowest BCUT2D eigenvalue weighted by Crippen LogP contribution is -2.18. The quantitative estimate of drug-likeness (QED) is 0.659. The Bertz CT molecular complexity index is 1170. The number of benzene rings is 1. The van der Waals surface area contributed by atoms with Gasteiger partial charge in [0.15, 0.2) is 0 Å². The van der Waals surface area contributed by atoms with Gasteiger partial charge in [0.2, 0.25) is 5.88 Å². The van der Waals surface area contributed by atoms with Crippen LogP contribution in [0.1, 0.15) is 11.1 Å². The smallest absolute Gasteiger partial charge is 0.269 e. The largest absolute Gasteiger partial charge is 0.438 e. The number of halogens is 1. The number of pyridine rings is 1. The molecule has 2 aromatic heterocycles. The minimum atomic E-state index is -0.445. The number of hydrogen-bond donors (Lipinski definition) is 0. The number of allylic oxidation sites excluding steroid dienone is 1. The fourth-order valence-electron chi connectivity index (χ4n) is 2.31. The second-order valence-electron chi connectivity index (χ2n) is 5.36. The highest BCUT2D eigenvalue weighted by molar-refractivity contribution is 6.31. The van der Waals surface area contributed by atoms with Crippen LogP contribution >= 0.6 is 11.6 Å². The number of fused-ring (bicyclic) bond motifs is 1. The molecule has 3 aromatic rings. The van der Waals surface area contributed by atoms with Crippen molar-refractivity contribution in [3.63, 3.8) is 0 Å². The van der Waals surface area contributed by atoms with Gasteiger partial charge >= 0.3 is 0 Å². The molecule has 2 heterocycles. The average molecular weight is 363 g/mol. The molecule has 0 fully saturated rings. The number of nitriles is 2. The molecule has 0 aliphatic rings. The summed E-state index contributed by atoms with van der Waals surface area (Å²) in [5.41, 5.74) is 0.523. The monoisotopic (exact) mass is 362 g/mol. The van der Waals surface area contributed by atoms with E-state index in [0.717, 1.165) is 5.56 Å². The number of aryl methyl sites for hydroxylation is 1. The Morgan fingerprint density at radius 3 is 2.73 bits per heavy atom. The van der Waals surface area contributed by atoms with E-state index in [4.69, 9.17) is 26.9 Å². The van der Waals surface area contributed by atoms with E-state index in [1.54, 1.807) is 54.7 Å². The number of rotatable bonds is 3. The normalized spacial score (nSPS) is 10.0. The van der Waals surface area contributed by atoms with Crippen LogP contribution in [0.4, 0.5) is 0 Å². The molecule has 6 nitrogen and oxygen atoms in total. The maximum atomic E-state index is 12.8. The van der Waals surface area contributed by atoms with Gasteiger partial charge in [0.25, 0.3) is 5.56 Å². The van der Waals surface area contributed by atoms with Crippen LogP contribution in [0.2, 0.25) is 5.02 Å². The van der Waals surface area contributed by atoms with Crippen LogP contribution in [0, 0.1) is 29.6 Å². The highest BCUT2D eigenvalue weighted by Crippen LogP contribution is 2.27. The summed E-state index contributed by atoms with van der Waals surface area (Å²) in [6.45, 7) is 1.82. The maximum Gasteiger partial charge on any atom is 0.269 e. The van der Waals surface area contributed by atoms with E-state index < -0.39 is 5.56 Å². The third-order valence-electron chi connectivity index (χ3n) is 3.61. The van der Waals surface area contributed by atoms with Crippen molar-refractivity contribution < 1.29 is 4.74 Å². The summed E-state index contributed by atoms with van der Waals surface area (Å²) in [5.74, 6) is 0.440. The van der Waals surface area contributed by atoms with Gasteiger partial charge in [0.1, 0.15) is 34.7 Å². The van der Waals surface area contributed by atoms with Crippen LogP contribution in [0.15, 0.2) is 53.0 Å². The second-order valence-corrected chi connectivity index (χ2v) is 5.77. The molecular formula is C19H11ClN4O2. The predicted molar refractivity (Wildman–Crippen MR) is 96.9 cm³/mol. The van der Waals surface area contributed by atoms with Crippen molar-refractivity contribution in [1.29, 1.82) is 10.5 Å². The molecule has 3 rings (SSSR count). The van der Waals surface area contributed by atoms with Crippen LogP contribution in [0.25, 0.3) is 11.7 Å². The van der Waals surface area contributed by atoms with Crippen LogP contribution in [-0.4, -0.2) is 9.38 Å². The van der Waals surface area contributed by atoms with Crippen molar-refractivity contribution in [1.82, 2.24) is 9.38 Å². The number of aromatic nitrogens is 2. The van der Waals surface area contributed by atoms with Gasteiger partial charge in [-0.3, -0.25) is 9.20 Å². The zero-order valence-electron chi connectivity index (χ0n) is 13.6. The SMILES string of the molecule is Cc1cc(Oc2nc3ccccn3c(=O)c2C=C(C#N)C#N)ccc1Cl. The Balaban J connectivity index is 2.24. The molecule has 0 aliphatic heterocycles. The second kappa shape index (κ2) is 7.10. The molecule has 26 heavy (non-hydrogen) atoms. The molecular weight excluding hydrogens is 352 g/mol. The van der Waals surface area contributed by atoms with Gasteiger partial charge in [-0.1, -0.05) is 17.7 Å². The third kappa shape index (κ3) is 3.27. The van der Waals surface area contributed by atoms with E-state index in [0.29, 0.717) is 16.4 Å². The van der Waals surface area contributed by atoms with Crippen LogP contribution in [0.3, 0.4) is 0 Å². The third-order valence-corrected chi connectivity index (χ3v) is 4.03. The Morgan fingerprint density at radius 2 is 2.04 bits per heavy atom. The van der Waals surface area contributed by atoms with E-state index in [-0.39, 0.29) is 17.0 Å². The molecule has 0 aliphatic carbocycles. The summed E-state index contributed by atoms with van der Waals surface area (Å²) in [6, 6.07) is 13.6. The van der Waals surface area contributed by atoms with Gasteiger partial charge in [-0.15, -0.1) is 0 Å². The molecule has 0 N–H and O–H groups in total. The van der Waals surface area contributed by atoms with E-state index in [1.165, 1.54) is 10.5 Å². The molecule has 0 bridgehead atoms. The standard InChI is InChI=1S/C19H11ClN4O2/c1-12-8-14(5-6-16(12)20)26-18-15(9-13(10-21)11-22)19(25)24-7-3-2-4-17(24)23-18/h2-9H,1H3. The summed E-state index contributed by atoms with van der Waals surface area (Å²) >= 11 is 6.02. The van der Waals surface area contributed by atoms with E-state index >= 15 is 0 Å². The van der Waals surface area contributed by atoms with Crippen molar-refractivity contribution >= 4 is 23.3 Å². The fraction of sp³-hybridized carbons (Fsp3) is 0.0526. The molecule has 1 aromatic carbocycles. The van der Waals surface area contributed by atoms with Gasteiger partial charge in [0.05, 0.1) is 0 Å². The van der Waals surface area contributed by atoms with Crippen molar-refractivity contribution in [3.8, 4) is 23.8 Å². The Hall–Kier alpha value is -3.61. The molecule has 0 saturated heterocycles. The zero-order chi connectivity index (χ0) is 18.7. The van der Waals surface area contributed by atoms with Crippen molar-refractivity contribution in [2.75, 3.05) is 0 Å². The predicted octanol–water partition coefficient (Wildman–Crippen LogP) is 3.88. The van der Waals surface area contributed by atoms with Crippen LogP contribution in [0.5, 0.6) is 11.6 Å². The Kier molecular flexibility index (Phi) is 4.70. The lowest BCUT2D eigenvalue weighted by Gasteiger charge is -2.10. The van der Waals surface area contributed by atoms with Crippen molar-refractivity contribution in [3.05, 3.63) is 74.7 Å². The lowest BCUT2D eigenvalue weighted by atomic mass is 10.2. The minimum absolute atomic E-state index is 0.00548. The lowest BCUT2D eigenvalue weighted by molar-refractivity contribution is 0.460. The average Bonchev–Trinajstić information content (AvgIpc) is 2.65. The Morgan fingerprint density at radius 1 is 1.27 bits per heavy atom. The molecule has 0 radical (unpaired) electrons.